The third-order valence-corrected chi connectivity index (χ3v) is 4.04. The van der Waals surface area contributed by atoms with Gasteiger partial charge in [0.1, 0.15) is 5.70 Å². The van der Waals surface area contributed by atoms with Gasteiger partial charge in [0.2, 0.25) is 0 Å². The number of rotatable bonds is 5. The number of carbonyl (C=O) groups excluding carboxylic acids is 2. The molecule has 0 spiro atoms. The fourth-order valence-electron chi connectivity index (χ4n) is 2.80. The Morgan fingerprint density at radius 1 is 1.04 bits per heavy atom. The van der Waals surface area contributed by atoms with Crippen LogP contribution in [0, 0.1) is 0 Å². The standard InChI is InChI=1S/C19H20N2O3/c22-18(20-15-9-4-5-10-15)16(13-14-7-2-1-3-8-14)21-19(23)17-11-6-12-24-17/h1-3,6-8,11-13,15H,4-5,9-10H2,(H,20,22)(H,21,23). The van der Waals surface area contributed by atoms with Crippen molar-refractivity contribution in [2.24, 2.45) is 0 Å². The lowest BCUT2D eigenvalue weighted by molar-refractivity contribution is -0.118. The summed E-state index contributed by atoms with van der Waals surface area (Å²) in [7, 11) is 0. The molecule has 1 aliphatic carbocycles. The Hall–Kier alpha value is -2.82. The molecular formula is C19H20N2O3. The highest BCUT2D eigenvalue weighted by molar-refractivity contribution is 6.04. The average molecular weight is 324 g/mol. The second kappa shape index (κ2) is 7.64. The van der Waals surface area contributed by atoms with Gasteiger partial charge in [-0.1, -0.05) is 43.2 Å². The molecule has 1 heterocycles. The fourth-order valence-corrected chi connectivity index (χ4v) is 2.80. The second-order valence-corrected chi connectivity index (χ2v) is 5.85. The van der Waals surface area contributed by atoms with Crippen LogP contribution >= 0.6 is 0 Å². The molecule has 0 bridgehead atoms. The first-order valence-corrected chi connectivity index (χ1v) is 8.15. The van der Waals surface area contributed by atoms with Crippen LogP contribution in [0.2, 0.25) is 0 Å². The lowest BCUT2D eigenvalue weighted by Crippen LogP contribution is -2.39. The predicted molar refractivity (Wildman–Crippen MR) is 91.0 cm³/mol. The summed E-state index contributed by atoms with van der Waals surface area (Å²) in [5, 5.41) is 5.66. The molecule has 1 saturated carbocycles. The summed E-state index contributed by atoms with van der Waals surface area (Å²) >= 11 is 0. The fraction of sp³-hybridized carbons (Fsp3) is 0.263. The van der Waals surface area contributed by atoms with E-state index in [1.807, 2.05) is 30.3 Å². The maximum atomic E-state index is 12.6. The molecule has 1 aliphatic rings. The van der Waals surface area contributed by atoms with Crippen molar-refractivity contribution in [2.75, 3.05) is 0 Å². The number of benzene rings is 1. The lowest BCUT2D eigenvalue weighted by Gasteiger charge is -2.14. The smallest absolute Gasteiger partial charge is 0.291 e. The van der Waals surface area contributed by atoms with Gasteiger partial charge in [-0.25, -0.2) is 0 Å². The number of nitrogens with one attached hydrogen (secondary N) is 2. The van der Waals surface area contributed by atoms with Gasteiger partial charge >= 0.3 is 0 Å². The SMILES string of the molecule is O=C(NC1CCCC1)C(=Cc1ccccc1)NC(=O)c1ccco1. The van der Waals surface area contributed by atoms with Gasteiger partial charge in [-0.05, 0) is 36.6 Å². The average Bonchev–Trinajstić information content (AvgIpc) is 3.29. The van der Waals surface area contributed by atoms with Crippen molar-refractivity contribution in [3.8, 4) is 0 Å². The van der Waals surface area contributed by atoms with Crippen LogP contribution in [0.15, 0.2) is 58.8 Å². The summed E-state index contributed by atoms with van der Waals surface area (Å²) in [5.74, 6) is -0.544. The summed E-state index contributed by atoms with van der Waals surface area (Å²) < 4.78 is 5.09. The van der Waals surface area contributed by atoms with E-state index in [0.29, 0.717) is 0 Å². The van der Waals surface area contributed by atoms with Gasteiger partial charge in [-0.15, -0.1) is 0 Å². The van der Waals surface area contributed by atoms with Crippen LogP contribution in [-0.2, 0) is 4.79 Å². The summed E-state index contributed by atoms with van der Waals surface area (Å²) in [6.07, 6.45) is 7.31. The van der Waals surface area contributed by atoms with Crippen molar-refractivity contribution in [2.45, 2.75) is 31.7 Å². The molecule has 0 radical (unpaired) electrons. The normalized spacial score (nSPS) is 15.2. The van der Waals surface area contributed by atoms with Gasteiger partial charge in [-0.2, -0.15) is 0 Å². The number of furan rings is 1. The largest absolute Gasteiger partial charge is 0.459 e. The van der Waals surface area contributed by atoms with E-state index in [1.165, 1.54) is 6.26 Å². The zero-order chi connectivity index (χ0) is 16.8. The Bertz CT molecular complexity index is 714. The van der Waals surface area contributed by atoms with E-state index < -0.39 is 5.91 Å². The third kappa shape index (κ3) is 4.13. The molecule has 5 nitrogen and oxygen atoms in total. The quantitative estimate of drug-likeness (QED) is 0.830. The molecule has 1 aromatic carbocycles. The zero-order valence-corrected chi connectivity index (χ0v) is 13.3. The van der Waals surface area contributed by atoms with Crippen molar-refractivity contribution >= 4 is 17.9 Å². The van der Waals surface area contributed by atoms with E-state index in [-0.39, 0.29) is 23.4 Å². The molecule has 2 N–H and O–H groups in total. The molecule has 2 aromatic rings. The van der Waals surface area contributed by atoms with Gasteiger partial charge in [0.05, 0.1) is 6.26 Å². The molecule has 2 amide bonds. The van der Waals surface area contributed by atoms with E-state index in [9.17, 15) is 9.59 Å². The van der Waals surface area contributed by atoms with Gasteiger partial charge in [0, 0.05) is 6.04 Å². The summed E-state index contributed by atoms with van der Waals surface area (Å²) in [6.45, 7) is 0. The number of carbonyl (C=O) groups is 2. The Balaban J connectivity index is 1.78. The molecule has 0 atom stereocenters. The minimum Gasteiger partial charge on any atom is -0.459 e. The topological polar surface area (TPSA) is 71.3 Å². The van der Waals surface area contributed by atoms with Crippen LogP contribution in [-0.4, -0.2) is 17.9 Å². The minimum atomic E-state index is -0.441. The Morgan fingerprint density at radius 3 is 2.46 bits per heavy atom. The number of hydrogen-bond acceptors (Lipinski definition) is 3. The van der Waals surface area contributed by atoms with E-state index in [1.54, 1.807) is 18.2 Å². The highest BCUT2D eigenvalue weighted by atomic mass is 16.3. The minimum absolute atomic E-state index is 0.169. The molecular weight excluding hydrogens is 304 g/mol. The molecule has 124 valence electrons. The Kier molecular flexibility index (Phi) is 5.11. The first-order chi connectivity index (χ1) is 11.7. The summed E-state index contributed by atoms with van der Waals surface area (Å²) in [4.78, 5) is 24.8. The maximum absolute atomic E-state index is 12.6. The van der Waals surface area contributed by atoms with Gasteiger partial charge in [-0.3, -0.25) is 9.59 Å². The summed E-state index contributed by atoms with van der Waals surface area (Å²) in [5.41, 5.74) is 1.06. The predicted octanol–water partition coefficient (Wildman–Crippen LogP) is 3.11. The number of amides is 2. The first kappa shape index (κ1) is 16.1. The van der Waals surface area contributed by atoms with Crippen LogP contribution in [0.25, 0.3) is 6.08 Å². The van der Waals surface area contributed by atoms with Crippen molar-refractivity contribution in [3.63, 3.8) is 0 Å². The van der Waals surface area contributed by atoms with Crippen LogP contribution in [0.1, 0.15) is 41.8 Å². The van der Waals surface area contributed by atoms with Crippen molar-refractivity contribution in [3.05, 3.63) is 65.7 Å². The number of hydrogen-bond donors (Lipinski definition) is 2. The first-order valence-electron chi connectivity index (χ1n) is 8.15. The molecule has 3 rings (SSSR count). The van der Waals surface area contributed by atoms with Gasteiger partial charge in [0.15, 0.2) is 5.76 Å². The van der Waals surface area contributed by atoms with Crippen molar-refractivity contribution in [1.29, 1.82) is 0 Å². The third-order valence-electron chi connectivity index (χ3n) is 4.04. The van der Waals surface area contributed by atoms with Gasteiger partial charge < -0.3 is 15.1 Å². The molecule has 1 aromatic heterocycles. The molecule has 1 fully saturated rings. The highest BCUT2D eigenvalue weighted by Crippen LogP contribution is 2.18. The van der Waals surface area contributed by atoms with Crippen molar-refractivity contribution in [1.82, 2.24) is 10.6 Å². The highest BCUT2D eigenvalue weighted by Gasteiger charge is 2.21. The molecule has 0 unspecified atom stereocenters. The van der Waals surface area contributed by atoms with Crippen LogP contribution < -0.4 is 10.6 Å². The van der Waals surface area contributed by atoms with Gasteiger partial charge in [0.25, 0.3) is 11.8 Å². The van der Waals surface area contributed by atoms with Crippen LogP contribution in [0.3, 0.4) is 0 Å². The lowest BCUT2D eigenvalue weighted by atomic mass is 10.1. The van der Waals surface area contributed by atoms with Crippen LogP contribution in [0.5, 0.6) is 0 Å². The van der Waals surface area contributed by atoms with Crippen molar-refractivity contribution < 1.29 is 14.0 Å². The van der Waals surface area contributed by atoms with E-state index >= 15 is 0 Å². The second-order valence-electron chi connectivity index (χ2n) is 5.85. The molecule has 24 heavy (non-hydrogen) atoms. The molecule has 5 heteroatoms. The maximum Gasteiger partial charge on any atom is 0.291 e. The monoisotopic (exact) mass is 324 g/mol. The molecule has 0 aliphatic heterocycles. The van der Waals surface area contributed by atoms with E-state index in [0.717, 1.165) is 31.2 Å². The Labute approximate surface area is 140 Å². The van der Waals surface area contributed by atoms with E-state index in [2.05, 4.69) is 10.6 Å². The van der Waals surface area contributed by atoms with E-state index in [4.69, 9.17) is 4.42 Å². The zero-order valence-electron chi connectivity index (χ0n) is 13.3. The summed E-state index contributed by atoms with van der Waals surface area (Å²) in [6, 6.07) is 12.8. The van der Waals surface area contributed by atoms with Crippen LogP contribution in [0.4, 0.5) is 0 Å². The Morgan fingerprint density at radius 2 is 1.79 bits per heavy atom. The molecule has 0 saturated heterocycles.